The summed E-state index contributed by atoms with van der Waals surface area (Å²) in [5, 5.41) is 5.84. The maximum atomic E-state index is 12.6. The third-order valence-electron chi connectivity index (χ3n) is 3.99. The maximum Gasteiger partial charge on any atom is 0.411 e. The molecule has 0 radical (unpaired) electrons. The number of H-pyrrole nitrogens is 1. The van der Waals surface area contributed by atoms with Crippen LogP contribution in [0.2, 0.25) is 0 Å². The highest BCUT2D eigenvalue weighted by Crippen LogP contribution is 2.23. The minimum absolute atomic E-state index is 0.273. The van der Waals surface area contributed by atoms with Crippen LogP contribution in [0.1, 0.15) is 23.0 Å². The van der Waals surface area contributed by atoms with Crippen LogP contribution in [0.25, 0.3) is 10.9 Å². The second-order valence-corrected chi connectivity index (χ2v) is 5.88. The maximum absolute atomic E-state index is 12.6. The van der Waals surface area contributed by atoms with Crippen LogP contribution in [0, 0.1) is 6.92 Å². The van der Waals surface area contributed by atoms with Crippen LogP contribution in [0.15, 0.2) is 48.5 Å². The van der Waals surface area contributed by atoms with Gasteiger partial charge in [0.1, 0.15) is 0 Å². The van der Waals surface area contributed by atoms with E-state index in [1.165, 1.54) is 0 Å². The second-order valence-electron chi connectivity index (χ2n) is 5.88. The molecule has 0 unspecified atom stereocenters. The van der Waals surface area contributed by atoms with Crippen molar-refractivity contribution in [1.29, 1.82) is 0 Å². The summed E-state index contributed by atoms with van der Waals surface area (Å²) in [6.45, 7) is 3.75. The quantitative estimate of drug-likeness (QED) is 0.472. The SMILES string of the molecule is CCOC(=O)Nc1ccc(NC(=O)C(=O)c2c(C)[nH]c3ccccc23)cc1. The number of carbonyl (C=O) groups is 3. The first kappa shape index (κ1) is 18.2. The number of nitrogens with one attached hydrogen (secondary N) is 3. The van der Waals surface area contributed by atoms with Gasteiger partial charge in [-0.1, -0.05) is 18.2 Å². The summed E-state index contributed by atoms with van der Waals surface area (Å²) in [6, 6.07) is 13.7. The van der Waals surface area contributed by atoms with E-state index in [0.717, 1.165) is 5.52 Å². The molecule has 0 bridgehead atoms. The summed E-state index contributed by atoms with van der Waals surface area (Å²) in [5.74, 6) is -1.34. The molecule has 0 aliphatic rings. The lowest BCUT2D eigenvalue weighted by atomic mass is 10.1. The number of aryl methyl sites for hydroxylation is 1. The number of ketones is 1. The normalized spacial score (nSPS) is 10.4. The van der Waals surface area contributed by atoms with Gasteiger partial charge in [0.05, 0.1) is 12.2 Å². The number of hydrogen-bond acceptors (Lipinski definition) is 4. The summed E-state index contributed by atoms with van der Waals surface area (Å²) in [7, 11) is 0. The van der Waals surface area contributed by atoms with Crippen LogP contribution in [-0.4, -0.2) is 29.4 Å². The van der Waals surface area contributed by atoms with E-state index >= 15 is 0 Å². The smallest absolute Gasteiger partial charge is 0.411 e. The molecule has 7 nitrogen and oxygen atoms in total. The van der Waals surface area contributed by atoms with E-state index in [4.69, 9.17) is 4.74 Å². The zero-order valence-electron chi connectivity index (χ0n) is 15.0. The number of para-hydroxylation sites is 1. The molecule has 138 valence electrons. The lowest BCUT2D eigenvalue weighted by Crippen LogP contribution is -2.23. The highest BCUT2D eigenvalue weighted by Gasteiger charge is 2.22. The minimum atomic E-state index is -0.728. The van der Waals surface area contributed by atoms with Gasteiger partial charge in [0.25, 0.3) is 11.7 Å². The molecule has 0 aliphatic heterocycles. The van der Waals surface area contributed by atoms with Gasteiger partial charge in [0.2, 0.25) is 0 Å². The van der Waals surface area contributed by atoms with Crippen LogP contribution >= 0.6 is 0 Å². The Balaban J connectivity index is 1.72. The number of amides is 2. The van der Waals surface area contributed by atoms with Crippen molar-refractivity contribution in [3.63, 3.8) is 0 Å². The third-order valence-corrected chi connectivity index (χ3v) is 3.99. The zero-order valence-corrected chi connectivity index (χ0v) is 15.0. The average Bonchev–Trinajstić information content (AvgIpc) is 2.98. The van der Waals surface area contributed by atoms with E-state index in [2.05, 4.69) is 15.6 Å². The molecule has 0 aliphatic carbocycles. The molecule has 0 spiro atoms. The first-order valence-corrected chi connectivity index (χ1v) is 8.46. The van der Waals surface area contributed by atoms with Crippen LogP contribution in [0.3, 0.4) is 0 Å². The van der Waals surface area contributed by atoms with Gasteiger partial charge in [-0.3, -0.25) is 14.9 Å². The van der Waals surface area contributed by atoms with E-state index in [1.807, 2.05) is 18.2 Å². The summed E-state index contributed by atoms with van der Waals surface area (Å²) < 4.78 is 4.79. The number of ether oxygens (including phenoxy) is 1. The Morgan fingerprint density at radius 1 is 0.963 bits per heavy atom. The zero-order chi connectivity index (χ0) is 19.4. The Kier molecular flexibility index (Phi) is 5.21. The topological polar surface area (TPSA) is 100 Å². The highest BCUT2D eigenvalue weighted by atomic mass is 16.5. The molecule has 2 amide bonds. The number of hydrogen-bond donors (Lipinski definition) is 3. The predicted octanol–water partition coefficient (Wildman–Crippen LogP) is 3.87. The Labute approximate surface area is 155 Å². The summed E-state index contributed by atoms with van der Waals surface area (Å²) in [5.41, 5.74) is 2.78. The van der Waals surface area contributed by atoms with Gasteiger partial charge in [-0.25, -0.2) is 4.79 Å². The van der Waals surface area contributed by atoms with E-state index < -0.39 is 17.8 Å². The Bertz CT molecular complexity index is 1010. The Morgan fingerprint density at radius 2 is 1.59 bits per heavy atom. The molecule has 0 saturated heterocycles. The predicted molar refractivity (Wildman–Crippen MR) is 103 cm³/mol. The molecule has 7 heteroatoms. The minimum Gasteiger partial charge on any atom is -0.450 e. The standard InChI is InChI=1S/C20H19N3O4/c1-3-27-20(26)23-14-10-8-13(9-11-14)22-19(25)18(24)17-12(2)21-16-7-5-4-6-15(16)17/h4-11,21H,3H2,1-2H3,(H,22,25)(H,23,26). The van der Waals surface area contributed by atoms with Crippen LogP contribution < -0.4 is 10.6 Å². The van der Waals surface area contributed by atoms with Crippen molar-refractivity contribution in [3.8, 4) is 0 Å². The highest BCUT2D eigenvalue weighted by molar-refractivity contribution is 6.48. The van der Waals surface area contributed by atoms with Crippen molar-refractivity contribution in [2.45, 2.75) is 13.8 Å². The van der Waals surface area contributed by atoms with Crippen molar-refractivity contribution in [2.75, 3.05) is 17.2 Å². The van der Waals surface area contributed by atoms with Gasteiger partial charge in [-0.15, -0.1) is 0 Å². The van der Waals surface area contributed by atoms with E-state index in [-0.39, 0.29) is 6.61 Å². The second kappa shape index (κ2) is 7.74. The molecule has 2 aromatic carbocycles. The third kappa shape index (κ3) is 3.98. The molecular formula is C20H19N3O4. The fraction of sp³-hybridized carbons (Fsp3) is 0.150. The molecule has 3 N–H and O–H groups in total. The first-order valence-electron chi connectivity index (χ1n) is 8.46. The first-order chi connectivity index (χ1) is 13.0. The van der Waals surface area contributed by atoms with Crippen LogP contribution in [0.4, 0.5) is 16.2 Å². The van der Waals surface area contributed by atoms with Crippen molar-refractivity contribution >= 4 is 40.1 Å². The molecule has 1 aromatic heterocycles. The lowest BCUT2D eigenvalue weighted by Gasteiger charge is -2.08. The largest absolute Gasteiger partial charge is 0.450 e. The van der Waals surface area contributed by atoms with Gasteiger partial charge in [0, 0.05) is 28.0 Å². The van der Waals surface area contributed by atoms with Gasteiger partial charge in [-0.2, -0.15) is 0 Å². The number of carbonyl (C=O) groups excluding carboxylic acids is 3. The molecule has 1 heterocycles. The monoisotopic (exact) mass is 365 g/mol. The lowest BCUT2D eigenvalue weighted by molar-refractivity contribution is -0.112. The summed E-state index contributed by atoms with van der Waals surface area (Å²) >= 11 is 0. The van der Waals surface area contributed by atoms with Crippen molar-refractivity contribution in [2.24, 2.45) is 0 Å². The van der Waals surface area contributed by atoms with E-state index in [1.54, 1.807) is 44.2 Å². The van der Waals surface area contributed by atoms with Crippen LogP contribution in [-0.2, 0) is 9.53 Å². The number of fused-ring (bicyclic) bond motifs is 1. The van der Waals surface area contributed by atoms with E-state index in [0.29, 0.717) is 28.0 Å². The number of anilines is 2. The number of aromatic nitrogens is 1. The van der Waals surface area contributed by atoms with Crippen molar-refractivity contribution in [3.05, 3.63) is 59.8 Å². The Hall–Kier alpha value is -3.61. The van der Waals surface area contributed by atoms with Gasteiger partial charge in [0.15, 0.2) is 0 Å². The van der Waals surface area contributed by atoms with Crippen molar-refractivity contribution < 1.29 is 19.1 Å². The molecular weight excluding hydrogens is 346 g/mol. The van der Waals surface area contributed by atoms with Crippen molar-refractivity contribution in [1.82, 2.24) is 4.98 Å². The van der Waals surface area contributed by atoms with Gasteiger partial charge < -0.3 is 15.0 Å². The number of aromatic amines is 1. The fourth-order valence-electron chi connectivity index (χ4n) is 2.79. The molecule has 0 atom stereocenters. The van der Waals surface area contributed by atoms with Gasteiger partial charge in [-0.05, 0) is 44.2 Å². The molecule has 27 heavy (non-hydrogen) atoms. The Morgan fingerprint density at radius 3 is 2.26 bits per heavy atom. The summed E-state index contributed by atoms with van der Waals surface area (Å²) in [4.78, 5) is 39.5. The molecule has 0 fully saturated rings. The average molecular weight is 365 g/mol. The van der Waals surface area contributed by atoms with Crippen LogP contribution in [0.5, 0.6) is 0 Å². The number of benzene rings is 2. The van der Waals surface area contributed by atoms with Gasteiger partial charge >= 0.3 is 6.09 Å². The fourth-order valence-corrected chi connectivity index (χ4v) is 2.79. The summed E-state index contributed by atoms with van der Waals surface area (Å²) in [6.07, 6.45) is -0.556. The number of Topliss-reactive ketones (excluding diaryl/α,β-unsaturated/α-hetero) is 1. The molecule has 0 saturated carbocycles. The number of rotatable bonds is 5. The van der Waals surface area contributed by atoms with E-state index in [9.17, 15) is 14.4 Å². The molecule has 3 rings (SSSR count). The molecule has 3 aromatic rings.